The van der Waals surface area contributed by atoms with E-state index in [1.165, 1.54) is 6.20 Å². The predicted molar refractivity (Wildman–Crippen MR) is 91.0 cm³/mol. The third-order valence-corrected chi connectivity index (χ3v) is 3.50. The second-order valence-electron chi connectivity index (χ2n) is 4.66. The summed E-state index contributed by atoms with van der Waals surface area (Å²) in [4.78, 5) is 15.9. The molecule has 0 aliphatic rings. The standard InChI is InChI=1S/C16H12BrN5O/c17-14-6-12(7-18-10-14)16(23)22-20-9-13-8-19-21-15(13)11-4-2-1-3-5-11/h1-10H,(H,19,21)(H,22,23)/b20-9-. The van der Waals surface area contributed by atoms with Crippen LogP contribution in [0.25, 0.3) is 11.3 Å². The fourth-order valence-electron chi connectivity index (χ4n) is 1.99. The van der Waals surface area contributed by atoms with Crippen molar-refractivity contribution in [2.24, 2.45) is 5.10 Å². The number of hydrazone groups is 1. The van der Waals surface area contributed by atoms with E-state index in [9.17, 15) is 4.79 Å². The molecule has 0 aliphatic carbocycles. The van der Waals surface area contributed by atoms with E-state index in [0.717, 1.165) is 21.3 Å². The van der Waals surface area contributed by atoms with E-state index in [-0.39, 0.29) is 5.91 Å². The first-order chi connectivity index (χ1) is 11.2. The second-order valence-corrected chi connectivity index (χ2v) is 5.57. The number of amides is 1. The normalized spacial score (nSPS) is 10.8. The monoisotopic (exact) mass is 369 g/mol. The van der Waals surface area contributed by atoms with Crippen molar-refractivity contribution in [2.45, 2.75) is 0 Å². The maximum atomic E-state index is 12.0. The van der Waals surface area contributed by atoms with E-state index in [4.69, 9.17) is 0 Å². The molecule has 0 bridgehead atoms. The van der Waals surface area contributed by atoms with Crippen molar-refractivity contribution in [1.29, 1.82) is 0 Å². The molecule has 3 aromatic rings. The van der Waals surface area contributed by atoms with Gasteiger partial charge in [-0.3, -0.25) is 14.9 Å². The van der Waals surface area contributed by atoms with Gasteiger partial charge in [0, 0.05) is 28.0 Å². The van der Waals surface area contributed by atoms with Crippen molar-refractivity contribution in [3.05, 3.63) is 70.6 Å². The van der Waals surface area contributed by atoms with Gasteiger partial charge in [-0.1, -0.05) is 30.3 Å². The van der Waals surface area contributed by atoms with Crippen molar-refractivity contribution in [3.8, 4) is 11.3 Å². The lowest BCUT2D eigenvalue weighted by atomic mass is 10.1. The quantitative estimate of drug-likeness (QED) is 0.547. The Hall–Kier alpha value is -2.80. The molecule has 0 saturated heterocycles. The number of hydrogen-bond donors (Lipinski definition) is 2. The van der Waals surface area contributed by atoms with Crippen molar-refractivity contribution < 1.29 is 4.79 Å². The van der Waals surface area contributed by atoms with Crippen LogP contribution in [0, 0.1) is 0 Å². The molecule has 3 rings (SSSR count). The van der Waals surface area contributed by atoms with Gasteiger partial charge in [0.25, 0.3) is 5.91 Å². The average Bonchev–Trinajstić information content (AvgIpc) is 3.04. The molecular weight excluding hydrogens is 358 g/mol. The molecule has 6 nitrogen and oxygen atoms in total. The SMILES string of the molecule is O=C(N/N=C\c1cn[nH]c1-c1ccccc1)c1cncc(Br)c1. The number of nitrogens with zero attached hydrogens (tertiary/aromatic N) is 3. The van der Waals surface area contributed by atoms with Crippen LogP contribution in [0.4, 0.5) is 0 Å². The first-order valence-corrected chi connectivity index (χ1v) is 7.56. The number of halogens is 1. The lowest BCUT2D eigenvalue weighted by molar-refractivity contribution is 0.0954. The minimum absolute atomic E-state index is 0.334. The molecule has 23 heavy (non-hydrogen) atoms. The number of hydrogen-bond acceptors (Lipinski definition) is 4. The number of nitrogens with one attached hydrogen (secondary N) is 2. The van der Waals surface area contributed by atoms with Crippen molar-refractivity contribution in [3.63, 3.8) is 0 Å². The second kappa shape index (κ2) is 6.97. The van der Waals surface area contributed by atoms with Crippen LogP contribution < -0.4 is 5.43 Å². The lowest BCUT2D eigenvalue weighted by Crippen LogP contribution is -2.17. The minimum atomic E-state index is -0.334. The van der Waals surface area contributed by atoms with Gasteiger partial charge in [-0.05, 0) is 22.0 Å². The summed E-state index contributed by atoms with van der Waals surface area (Å²) in [6.07, 6.45) is 6.29. The molecular formula is C16H12BrN5O. The fraction of sp³-hybridized carbons (Fsp3) is 0. The Labute approximate surface area is 140 Å². The van der Waals surface area contributed by atoms with Gasteiger partial charge in [-0.15, -0.1) is 0 Å². The maximum absolute atomic E-state index is 12.0. The van der Waals surface area contributed by atoms with Crippen molar-refractivity contribution in [1.82, 2.24) is 20.6 Å². The zero-order chi connectivity index (χ0) is 16.1. The number of carbonyl (C=O) groups excluding carboxylic acids is 1. The molecule has 2 heterocycles. The first kappa shape index (κ1) is 15.1. The smallest absolute Gasteiger partial charge is 0.272 e. The number of H-pyrrole nitrogens is 1. The van der Waals surface area contributed by atoms with E-state index >= 15 is 0 Å². The van der Waals surface area contributed by atoms with Crippen LogP contribution in [0.3, 0.4) is 0 Å². The summed E-state index contributed by atoms with van der Waals surface area (Å²) in [5.41, 5.74) is 5.51. The molecule has 0 radical (unpaired) electrons. The highest BCUT2D eigenvalue weighted by Gasteiger charge is 2.07. The fourth-order valence-corrected chi connectivity index (χ4v) is 2.36. The highest BCUT2D eigenvalue weighted by atomic mass is 79.9. The molecule has 2 N–H and O–H groups in total. The van der Waals surface area contributed by atoms with Gasteiger partial charge < -0.3 is 0 Å². The van der Waals surface area contributed by atoms with E-state index in [0.29, 0.717) is 5.56 Å². The summed E-state index contributed by atoms with van der Waals surface area (Å²) < 4.78 is 0.732. The van der Waals surface area contributed by atoms with Crippen LogP contribution in [0.1, 0.15) is 15.9 Å². The minimum Gasteiger partial charge on any atom is -0.277 e. The number of pyridine rings is 1. The lowest BCUT2D eigenvalue weighted by Gasteiger charge is -2.00. The molecule has 1 amide bonds. The molecule has 0 saturated carbocycles. The van der Waals surface area contributed by atoms with Crippen LogP contribution in [0.2, 0.25) is 0 Å². The highest BCUT2D eigenvalue weighted by molar-refractivity contribution is 9.10. The molecule has 2 aromatic heterocycles. The van der Waals surface area contributed by atoms with Gasteiger partial charge in [0.05, 0.1) is 23.7 Å². The Bertz CT molecular complexity index is 844. The molecule has 1 aromatic carbocycles. The summed E-state index contributed by atoms with van der Waals surface area (Å²) in [5, 5.41) is 10.9. The average molecular weight is 370 g/mol. The van der Waals surface area contributed by atoms with Crippen LogP contribution in [0.5, 0.6) is 0 Å². The molecule has 0 aliphatic heterocycles. The largest absolute Gasteiger partial charge is 0.277 e. The number of rotatable bonds is 4. The summed E-state index contributed by atoms with van der Waals surface area (Å²) >= 11 is 3.27. The van der Waals surface area contributed by atoms with Crippen LogP contribution in [-0.2, 0) is 0 Å². The van der Waals surface area contributed by atoms with Crippen molar-refractivity contribution in [2.75, 3.05) is 0 Å². The van der Waals surface area contributed by atoms with Gasteiger partial charge in [0.15, 0.2) is 0 Å². The molecule has 0 atom stereocenters. The summed E-state index contributed by atoms with van der Waals surface area (Å²) in [7, 11) is 0. The van der Waals surface area contributed by atoms with Gasteiger partial charge in [-0.2, -0.15) is 10.2 Å². The number of aromatic amines is 1. The van der Waals surface area contributed by atoms with E-state index in [2.05, 4.69) is 41.6 Å². The first-order valence-electron chi connectivity index (χ1n) is 6.77. The van der Waals surface area contributed by atoms with Crippen LogP contribution in [-0.4, -0.2) is 27.3 Å². The molecule has 7 heteroatoms. The number of aromatic nitrogens is 3. The Morgan fingerprint density at radius 1 is 1.22 bits per heavy atom. The highest BCUT2D eigenvalue weighted by Crippen LogP contribution is 2.18. The van der Waals surface area contributed by atoms with Gasteiger partial charge in [0.1, 0.15) is 0 Å². The predicted octanol–water partition coefficient (Wildman–Crippen LogP) is 3.00. The third kappa shape index (κ3) is 3.70. The number of carbonyl (C=O) groups is 1. The summed E-state index contributed by atoms with van der Waals surface area (Å²) in [6, 6.07) is 11.4. The molecule has 0 unspecified atom stereocenters. The zero-order valence-corrected chi connectivity index (χ0v) is 13.5. The summed E-state index contributed by atoms with van der Waals surface area (Å²) in [6.45, 7) is 0. The van der Waals surface area contributed by atoms with E-state index in [1.807, 2.05) is 30.3 Å². The van der Waals surface area contributed by atoms with Gasteiger partial charge in [0.2, 0.25) is 0 Å². The molecule has 0 fully saturated rings. The maximum Gasteiger partial charge on any atom is 0.272 e. The van der Waals surface area contributed by atoms with Gasteiger partial charge in [-0.25, -0.2) is 5.43 Å². The van der Waals surface area contributed by atoms with Crippen LogP contribution in [0.15, 0.2) is 64.6 Å². The van der Waals surface area contributed by atoms with E-state index in [1.54, 1.807) is 24.7 Å². The van der Waals surface area contributed by atoms with Gasteiger partial charge >= 0.3 is 0 Å². The topological polar surface area (TPSA) is 83.0 Å². The molecule has 114 valence electrons. The third-order valence-electron chi connectivity index (χ3n) is 3.07. The Morgan fingerprint density at radius 3 is 2.83 bits per heavy atom. The molecule has 0 spiro atoms. The number of benzene rings is 1. The zero-order valence-electron chi connectivity index (χ0n) is 11.9. The van der Waals surface area contributed by atoms with Crippen molar-refractivity contribution >= 4 is 28.1 Å². The summed E-state index contributed by atoms with van der Waals surface area (Å²) in [5.74, 6) is -0.334. The Balaban J connectivity index is 1.72. The van der Waals surface area contributed by atoms with Crippen LogP contribution >= 0.6 is 15.9 Å². The van der Waals surface area contributed by atoms with E-state index < -0.39 is 0 Å². The Morgan fingerprint density at radius 2 is 2.04 bits per heavy atom. The Kier molecular flexibility index (Phi) is 4.58.